The fourth-order valence-electron chi connectivity index (χ4n) is 5.05. The Morgan fingerprint density at radius 1 is 0.889 bits per heavy atom. The van der Waals surface area contributed by atoms with Crippen molar-refractivity contribution in [3.63, 3.8) is 0 Å². The first-order valence-corrected chi connectivity index (χ1v) is 16.2. The number of hydrogen-bond donors (Lipinski definition) is 4. The number of nitrogens with zero attached hydrogens (tertiary/aromatic N) is 1. The third-order valence-corrected chi connectivity index (χ3v) is 8.35. The van der Waals surface area contributed by atoms with Crippen molar-refractivity contribution in [2.45, 2.75) is 52.2 Å². The van der Waals surface area contributed by atoms with E-state index in [0.29, 0.717) is 34.8 Å². The molecule has 238 valence electrons. The monoisotopic (exact) mass is 634 g/mol. The second-order valence-corrected chi connectivity index (χ2v) is 12.0. The fourth-order valence-corrected chi connectivity index (χ4v) is 5.68. The zero-order chi connectivity index (χ0) is 32.2. The lowest BCUT2D eigenvalue weighted by Gasteiger charge is -2.24. The predicted octanol–water partition coefficient (Wildman–Crippen LogP) is 5.92. The van der Waals surface area contributed by atoms with Crippen LogP contribution >= 0.6 is 11.3 Å². The minimum Gasteiger partial charge on any atom is -0.391 e. The summed E-state index contributed by atoms with van der Waals surface area (Å²) in [5, 5.41) is 22.7. The van der Waals surface area contributed by atoms with Crippen molar-refractivity contribution in [1.29, 1.82) is 0 Å². The highest BCUT2D eigenvalue weighted by Gasteiger charge is 2.23. The molecule has 0 bridgehead atoms. The van der Waals surface area contributed by atoms with Gasteiger partial charge in [0.15, 0.2) is 0 Å². The first kappa shape index (κ1) is 33.9. The van der Waals surface area contributed by atoms with Gasteiger partial charge in [-0.2, -0.15) is 0 Å². The first-order chi connectivity index (χ1) is 21.7. The molecule has 45 heavy (non-hydrogen) atoms. The maximum Gasteiger partial charge on any atom is 0.251 e. The minimum absolute atomic E-state index is 0.0324. The van der Waals surface area contributed by atoms with E-state index in [0.717, 1.165) is 30.9 Å². The van der Waals surface area contributed by atoms with E-state index in [2.05, 4.69) is 40.0 Å². The van der Waals surface area contributed by atoms with Crippen LogP contribution in [0.25, 0.3) is 10.6 Å². The Hall–Kier alpha value is -3.99. The summed E-state index contributed by atoms with van der Waals surface area (Å²) in [5.41, 5.74) is 3.91. The number of aliphatic hydroxyl groups is 1. The molecule has 1 aromatic heterocycles. The summed E-state index contributed by atoms with van der Waals surface area (Å²) >= 11 is 1.40. The summed E-state index contributed by atoms with van der Waals surface area (Å²) in [7, 11) is 0. The van der Waals surface area contributed by atoms with E-state index in [1.807, 2.05) is 24.4 Å². The van der Waals surface area contributed by atoms with Gasteiger partial charge in [0.2, 0.25) is 0 Å². The number of nitrogens with one attached hydrogen (secondary N) is 3. The Morgan fingerprint density at radius 2 is 1.60 bits per heavy atom. The number of carbonyl (C=O) groups excluding carboxylic acids is 2. The van der Waals surface area contributed by atoms with Gasteiger partial charge in [-0.15, -0.1) is 11.3 Å². The number of thiazole rings is 1. The third-order valence-electron chi connectivity index (χ3n) is 7.52. The molecule has 3 aromatic carbocycles. The third kappa shape index (κ3) is 10.3. The zero-order valence-electron chi connectivity index (χ0n) is 25.6. The SMILES string of the molecule is CCCCNC(=O)c1cc(C(=O)NC[C@H](Cc2cc(F)cc(F)c2)[C@@H](O)CNCc2cccc(CC)c2)cc(-c2nccs2)c1. The molecule has 2 amide bonds. The number of benzene rings is 3. The van der Waals surface area contributed by atoms with Gasteiger partial charge < -0.3 is 21.1 Å². The van der Waals surface area contributed by atoms with E-state index in [1.54, 1.807) is 18.3 Å². The van der Waals surface area contributed by atoms with E-state index < -0.39 is 29.6 Å². The normalized spacial score (nSPS) is 12.5. The number of aryl methyl sites for hydroxylation is 1. The van der Waals surface area contributed by atoms with Gasteiger partial charge in [-0.25, -0.2) is 13.8 Å². The lowest BCUT2D eigenvalue weighted by molar-refractivity contribution is 0.0869. The van der Waals surface area contributed by atoms with E-state index in [4.69, 9.17) is 0 Å². The van der Waals surface area contributed by atoms with E-state index >= 15 is 0 Å². The number of halogens is 2. The topological polar surface area (TPSA) is 103 Å². The molecule has 4 N–H and O–H groups in total. The molecule has 7 nitrogen and oxygen atoms in total. The highest BCUT2D eigenvalue weighted by molar-refractivity contribution is 7.13. The van der Waals surface area contributed by atoms with Gasteiger partial charge in [0.25, 0.3) is 11.8 Å². The van der Waals surface area contributed by atoms with E-state index in [9.17, 15) is 23.5 Å². The largest absolute Gasteiger partial charge is 0.391 e. The Balaban J connectivity index is 1.50. The lowest BCUT2D eigenvalue weighted by Crippen LogP contribution is -2.41. The van der Waals surface area contributed by atoms with Crippen LogP contribution < -0.4 is 16.0 Å². The van der Waals surface area contributed by atoms with Gasteiger partial charge >= 0.3 is 0 Å². The molecule has 0 aliphatic heterocycles. The molecule has 0 saturated carbocycles. The summed E-state index contributed by atoms with van der Waals surface area (Å²) in [6.45, 7) is 5.42. The smallest absolute Gasteiger partial charge is 0.251 e. The van der Waals surface area contributed by atoms with E-state index in [-0.39, 0.29) is 31.0 Å². The summed E-state index contributed by atoms with van der Waals surface area (Å²) in [5.74, 6) is -2.71. The van der Waals surface area contributed by atoms with Crippen LogP contribution in [-0.4, -0.2) is 47.6 Å². The molecule has 0 aliphatic carbocycles. The van der Waals surface area contributed by atoms with Gasteiger partial charge in [-0.3, -0.25) is 9.59 Å². The molecule has 1 heterocycles. The maximum atomic E-state index is 14.0. The molecular formula is C35H40F2N4O3S. The molecule has 0 spiro atoms. The van der Waals surface area contributed by atoms with Gasteiger partial charge in [-0.05, 0) is 66.3 Å². The number of carbonyl (C=O) groups is 2. The second-order valence-electron chi connectivity index (χ2n) is 11.1. The Labute approximate surface area is 267 Å². The van der Waals surface area contributed by atoms with Gasteiger partial charge in [0.05, 0.1) is 6.10 Å². The quantitative estimate of drug-likeness (QED) is 0.115. The lowest BCUT2D eigenvalue weighted by atomic mass is 9.93. The predicted molar refractivity (Wildman–Crippen MR) is 174 cm³/mol. The van der Waals surface area contributed by atoms with Crippen molar-refractivity contribution in [2.75, 3.05) is 19.6 Å². The van der Waals surface area contributed by atoms with Crippen molar-refractivity contribution in [3.8, 4) is 10.6 Å². The highest BCUT2D eigenvalue weighted by atomic mass is 32.1. The van der Waals surface area contributed by atoms with E-state index in [1.165, 1.54) is 35.1 Å². The molecule has 0 radical (unpaired) electrons. The first-order valence-electron chi connectivity index (χ1n) is 15.3. The van der Waals surface area contributed by atoms with Crippen LogP contribution in [-0.2, 0) is 19.4 Å². The zero-order valence-corrected chi connectivity index (χ0v) is 26.4. The molecule has 0 saturated heterocycles. The van der Waals surface area contributed by atoms with Crippen molar-refractivity contribution >= 4 is 23.2 Å². The van der Waals surface area contributed by atoms with Gasteiger partial charge in [-0.1, -0.05) is 44.5 Å². The summed E-state index contributed by atoms with van der Waals surface area (Å²) in [6.07, 6.45) is 3.54. The maximum absolute atomic E-state index is 14.0. The number of hydrogen-bond acceptors (Lipinski definition) is 6. The van der Waals surface area contributed by atoms with Crippen LogP contribution in [0.5, 0.6) is 0 Å². The van der Waals surface area contributed by atoms with Crippen molar-refractivity contribution in [2.24, 2.45) is 5.92 Å². The number of amides is 2. The summed E-state index contributed by atoms with van der Waals surface area (Å²) in [4.78, 5) is 30.7. The Morgan fingerprint density at radius 3 is 2.27 bits per heavy atom. The minimum atomic E-state index is -0.937. The second kappa shape index (κ2) is 16.9. The average molecular weight is 635 g/mol. The molecule has 2 atom stereocenters. The molecule has 0 unspecified atom stereocenters. The summed E-state index contributed by atoms with van der Waals surface area (Å²) in [6, 6.07) is 16.3. The Kier molecular flexibility index (Phi) is 12.7. The van der Waals surface area contributed by atoms with Crippen LogP contribution in [0.1, 0.15) is 64.1 Å². The molecular weight excluding hydrogens is 594 g/mol. The van der Waals surface area contributed by atoms with Gasteiger partial charge in [0, 0.05) is 66.4 Å². The molecule has 0 aliphatic rings. The number of aliphatic hydroxyl groups excluding tert-OH is 1. The van der Waals surface area contributed by atoms with Crippen molar-refractivity contribution in [3.05, 3.63) is 112 Å². The Bertz CT molecular complexity index is 1540. The van der Waals surface area contributed by atoms with Crippen molar-refractivity contribution < 1.29 is 23.5 Å². The summed E-state index contributed by atoms with van der Waals surface area (Å²) < 4.78 is 28.0. The number of aromatic nitrogens is 1. The van der Waals surface area contributed by atoms with Crippen LogP contribution in [0.15, 0.2) is 72.2 Å². The van der Waals surface area contributed by atoms with Crippen LogP contribution in [0, 0.1) is 17.6 Å². The van der Waals surface area contributed by atoms with Crippen LogP contribution in [0.2, 0.25) is 0 Å². The van der Waals surface area contributed by atoms with Crippen molar-refractivity contribution in [1.82, 2.24) is 20.9 Å². The number of unbranched alkanes of at least 4 members (excludes halogenated alkanes) is 1. The molecule has 4 aromatic rings. The standard InChI is InChI=1S/C35H40F2N4O3S/c1-3-5-9-39-33(43)26-16-27(18-28(17-26)35-40-10-11-45-35)34(44)41-21-29(13-25-14-30(36)19-31(37)15-25)32(42)22-38-20-24-8-6-7-23(4-2)12-24/h6-8,10-12,14-19,29,32,38,42H,3-5,9,13,20-22H2,1-2H3,(H,39,43)(H,41,44)/t29-,32-/m0/s1. The highest BCUT2D eigenvalue weighted by Crippen LogP contribution is 2.25. The van der Waals surface area contributed by atoms with Crippen LogP contribution in [0.4, 0.5) is 8.78 Å². The molecule has 0 fully saturated rings. The van der Waals surface area contributed by atoms with Crippen LogP contribution in [0.3, 0.4) is 0 Å². The average Bonchev–Trinajstić information content (AvgIpc) is 3.58. The molecule has 4 rings (SSSR count). The number of rotatable bonds is 16. The fraction of sp³-hybridized carbons (Fsp3) is 0.343. The molecule has 10 heteroatoms. The van der Waals surface area contributed by atoms with Gasteiger partial charge in [0.1, 0.15) is 16.6 Å².